The first kappa shape index (κ1) is 25.9. The van der Waals surface area contributed by atoms with Gasteiger partial charge in [-0.2, -0.15) is 0 Å². The van der Waals surface area contributed by atoms with Gasteiger partial charge in [-0.05, 0) is 71.8 Å². The molecule has 3 aromatic carbocycles. The molecule has 5 heteroatoms. The Morgan fingerprint density at radius 2 is 1.69 bits per heavy atom. The predicted molar refractivity (Wildman–Crippen MR) is 143 cm³/mol. The van der Waals surface area contributed by atoms with E-state index in [9.17, 15) is 9.90 Å². The normalized spacial score (nSPS) is 15.6. The van der Waals surface area contributed by atoms with Gasteiger partial charge in [0.1, 0.15) is 12.4 Å². The molecule has 36 heavy (non-hydrogen) atoms. The molecular formula is C31H37NO4. The van der Waals surface area contributed by atoms with E-state index in [1.54, 1.807) is 0 Å². The molecule has 190 valence electrons. The number of carboxylic acids is 1. The van der Waals surface area contributed by atoms with Gasteiger partial charge in [0.15, 0.2) is 6.10 Å². The number of fused-ring (bicyclic) bond motifs is 2. The van der Waals surface area contributed by atoms with Crippen molar-refractivity contribution >= 4 is 5.97 Å². The summed E-state index contributed by atoms with van der Waals surface area (Å²) in [4.78, 5) is 13.6. The summed E-state index contributed by atoms with van der Waals surface area (Å²) in [5.74, 6) is -0.173. The van der Waals surface area contributed by atoms with E-state index >= 15 is 0 Å². The van der Waals surface area contributed by atoms with Crippen LogP contribution < -0.4 is 4.74 Å². The number of carboxylic acid groups (broad SMARTS) is 1. The fourth-order valence-electron chi connectivity index (χ4n) is 5.16. The Bertz CT molecular complexity index is 1160. The van der Waals surface area contributed by atoms with Crippen LogP contribution in [0.15, 0.2) is 66.7 Å². The molecule has 1 aliphatic carbocycles. The molecule has 0 bridgehead atoms. The third-order valence-electron chi connectivity index (χ3n) is 7.11. The Balaban J connectivity index is 1.46. The summed E-state index contributed by atoms with van der Waals surface area (Å²) in [6.07, 6.45) is 3.86. The molecule has 0 saturated carbocycles. The molecule has 4 rings (SSSR count). The van der Waals surface area contributed by atoms with Crippen LogP contribution in [0.3, 0.4) is 0 Å². The highest BCUT2D eigenvalue weighted by Crippen LogP contribution is 2.36. The maximum absolute atomic E-state index is 11.2. The van der Waals surface area contributed by atoms with E-state index in [2.05, 4.69) is 61.3 Å². The fraction of sp³-hybridized carbons (Fsp3) is 0.387. The minimum absolute atomic E-state index is 0.198. The number of hydrogen-bond donors (Lipinski definition) is 1. The summed E-state index contributed by atoms with van der Waals surface area (Å²) in [5.41, 5.74) is 7.99. The number of benzene rings is 3. The number of carbonyl (C=O) groups is 1. The molecule has 0 radical (unpaired) electrons. The lowest BCUT2D eigenvalue weighted by Crippen LogP contribution is -2.30. The minimum atomic E-state index is -0.954. The molecule has 0 aliphatic heterocycles. The largest absolute Gasteiger partial charge is 0.492 e. The van der Waals surface area contributed by atoms with Gasteiger partial charge in [0, 0.05) is 20.1 Å². The summed E-state index contributed by atoms with van der Waals surface area (Å²) in [5, 5.41) is 9.19. The van der Waals surface area contributed by atoms with Gasteiger partial charge in [0.2, 0.25) is 0 Å². The van der Waals surface area contributed by atoms with Crippen molar-refractivity contribution in [2.24, 2.45) is 0 Å². The summed E-state index contributed by atoms with van der Waals surface area (Å²) in [6.45, 7) is 3.58. The lowest BCUT2D eigenvalue weighted by molar-refractivity contribution is -0.148. The van der Waals surface area contributed by atoms with E-state index in [1.165, 1.54) is 34.9 Å². The number of methoxy groups -OCH3 is 1. The first-order chi connectivity index (χ1) is 17.5. The average Bonchev–Trinajstić information content (AvgIpc) is 3.04. The van der Waals surface area contributed by atoms with E-state index in [1.807, 2.05) is 24.3 Å². The highest BCUT2D eigenvalue weighted by molar-refractivity contribution is 5.72. The van der Waals surface area contributed by atoms with Crippen LogP contribution in [0.1, 0.15) is 52.8 Å². The average molecular weight is 488 g/mol. The molecule has 0 amide bonds. The van der Waals surface area contributed by atoms with Gasteiger partial charge in [0.05, 0.1) is 6.04 Å². The number of hydrogen-bond acceptors (Lipinski definition) is 4. The van der Waals surface area contributed by atoms with Crippen molar-refractivity contribution in [1.82, 2.24) is 4.90 Å². The molecule has 0 aromatic heterocycles. The summed E-state index contributed by atoms with van der Waals surface area (Å²) < 4.78 is 11.1. The predicted octanol–water partition coefficient (Wildman–Crippen LogP) is 5.48. The minimum Gasteiger partial charge on any atom is -0.492 e. The third-order valence-corrected chi connectivity index (χ3v) is 7.11. The number of likely N-dealkylation sites (N-methyl/N-ethyl adjacent to an activating group) is 1. The maximum Gasteiger partial charge on any atom is 0.333 e. The van der Waals surface area contributed by atoms with Gasteiger partial charge in [-0.15, -0.1) is 0 Å². The van der Waals surface area contributed by atoms with Crippen LogP contribution in [0.2, 0.25) is 0 Å². The lowest BCUT2D eigenvalue weighted by atomic mass is 9.91. The van der Waals surface area contributed by atoms with E-state index in [0.29, 0.717) is 13.0 Å². The van der Waals surface area contributed by atoms with Gasteiger partial charge in [-0.1, -0.05) is 67.9 Å². The molecule has 0 heterocycles. The molecule has 3 aromatic rings. The SMILES string of the molecule is CCCc1ccc2c(c1)C(N(C)CCOc1ccc(CC(OC)C(=O)O)cc1)c1ccccc1CC2. The van der Waals surface area contributed by atoms with Crippen molar-refractivity contribution in [2.75, 3.05) is 27.3 Å². The fourth-order valence-corrected chi connectivity index (χ4v) is 5.16. The van der Waals surface area contributed by atoms with Crippen molar-refractivity contribution < 1.29 is 19.4 Å². The molecule has 5 nitrogen and oxygen atoms in total. The van der Waals surface area contributed by atoms with Crippen molar-refractivity contribution in [2.45, 2.75) is 51.2 Å². The zero-order valence-corrected chi connectivity index (χ0v) is 21.6. The zero-order valence-electron chi connectivity index (χ0n) is 21.6. The molecule has 2 atom stereocenters. The van der Waals surface area contributed by atoms with Crippen molar-refractivity contribution in [3.63, 3.8) is 0 Å². The second kappa shape index (κ2) is 12.2. The summed E-state index contributed by atoms with van der Waals surface area (Å²) >= 11 is 0. The standard InChI is InChI=1S/C31H37NO4/c1-4-7-22-10-13-25-15-14-24-8-5-6-9-27(24)30(28(25)20-22)32(2)18-19-36-26-16-11-23(12-17-26)21-29(35-3)31(33)34/h5-6,8-13,16-17,20,29-30H,4,7,14-15,18-19,21H2,1-3H3,(H,33,34). The highest BCUT2D eigenvalue weighted by atomic mass is 16.5. The van der Waals surface area contributed by atoms with Crippen LogP contribution in [-0.4, -0.2) is 49.4 Å². The zero-order chi connectivity index (χ0) is 25.5. The van der Waals surface area contributed by atoms with Gasteiger partial charge < -0.3 is 14.6 Å². The van der Waals surface area contributed by atoms with E-state index in [-0.39, 0.29) is 6.04 Å². The van der Waals surface area contributed by atoms with Crippen molar-refractivity contribution in [3.8, 4) is 5.75 Å². The molecule has 2 unspecified atom stereocenters. The second-order valence-electron chi connectivity index (χ2n) is 9.62. The number of nitrogens with zero attached hydrogens (tertiary/aromatic N) is 1. The molecule has 0 spiro atoms. The molecule has 0 fully saturated rings. The Morgan fingerprint density at radius 3 is 2.39 bits per heavy atom. The number of aliphatic carboxylic acids is 1. The lowest BCUT2D eigenvalue weighted by Gasteiger charge is -2.30. The summed E-state index contributed by atoms with van der Waals surface area (Å²) in [6, 6.07) is 23.7. The summed E-state index contributed by atoms with van der Waals surface area (Å²) in [7, 11) is 3.61. The second-order valence-corrected chi connectivity index (χ2v) is 9.62. The molecule has 0 saturated heterocycles. The third kappa shape index (κ3) is 6.15. The molecule has 1 N–H and O–H groups in total. The van der Waals surface area contributed by atoms with E-state index < -0.39 is 12.1 Å². The Labute approximate surface area is 214 Å². The monoisotopic (exact) mass is 487 g/mol. The topological polar surface area (TPSA) is 59.0 Å². The van der Waals surface area contributed by atoms with Gasteiger partial charge in [0.25, 0.3) is 0 Å². The first-order valence-corrected chi connectivity index (χ1v) is 12.9. The smallest absolute Gasteiger partial charge is 0.333 e. The van der Waals surface area contributed by atoms with Crippen LogP contribution in [0, 0.1) is 0 Å². The van der Waals surface area contributed by atoms with Gasteiger partial charge in [-0.3, -0.25) is 4.90 Å². The molecule has 1 aliphatic rings. The van der Waals surface area contributed by atoms with E-state index in [4.69, 9.17) is 9.47 Å². The quantitative estimate of drug-likeness (QED) is 0.388. The van der Waals surface area contributed by atoms with E-state index in [0.717, 1.165) is 43.5 Å². The first-order valence-electron chi connectivity index (χ1n) is 12.9. The van der Waals surface area contributed by atoms with Crippen LogP contribution in [-0.2, 0) is 35.2 Å². The van der Waals surface area contributed by atoms with Gasteiger partial charge >= 0.3 is 5.97 Å². The van der Waals surface area contributed by atoms with Crippen molar-refractivity contribution in [3.05, 3.63) is 100 Å². The van der Waals surface area contributed by atoms with Crippen LogP contribution in [0.25, 0.3) is 0 Å². The number of aryl methyl sites for hydroxylation is 3. The maximum atomic E-state index is 11.2. The van der Waals surface area contributed by atoms with Gasteiger partial charge in [-0.25, -0.2) is 4.79 Å². The number of rotatable bonds is 11. The Kier molecular flexibility index (Phi) is 8.79. The number of ether oxygens (including phenoxy) is 2. The van der Waals surface area contributed by atoms with Crippen LogP contribution >= 0.6 is 0 Å². The van der Waals surface area contributed by atoms with Crippen LogP contribution in [0.5, 0.6) is 5.75 Å². The molecular weight excluding hydrogens is 450 g/mol. The highest BCUT2D eigenvalue weighted by Gasteiger charge is 2.27. The van der Waals surface area contributed by atoms with Crippen LogP contribution in [0.4, 0.5) is 0 Å². The Morgan fingerprint density at radius 1 is 1.00 bits per heavy atom. The van der Waals surface area contributed by atoms with Crippen molar-refractivity contribution in [1.29, 1.82) is 0 Å². The Hall–Kier alpha value is -3.15.